The van der Waals surface area contributed by atoms with Gasteiger partial charge in [-0.1, -0.05) is 36.4 Å². The number of phenolic OH excluding ortho intramolecular Hbond substituents is 1. The van der Waals surface area contributed by atoms with Crippen LogP contribution in [0.25, 0.3) is 31.0 Å². The number of phenols is 1. The highest BCUT2D eigenvalue weighted by Gasteiger charge is 2.29. The van der Waals surface area contributed by atoms with Crippen LogP contribution in [0.4, 0.5) is 5.69 Å². The Labute approximate surface area is 197 Å². The minimum absolute atomic E-state index is 0.0271. The monoisotopic (exact) mass is 467 g/mol. The second kappa shape index (κ2) is 7.95. The molecule has 0 amide bonds. The SMILES string of the molecule is O=C1C=CC=C(Nc2cccc(O)c2-c2nc3ccccc3s2)C1c1nc2ccccc2s1. The van der Waals surface area contributed by atoms with Crippen molar-refractivity contribution in [3.05, 3.63) is 95.7 Å². The van der Waals surface area contributed by atoms with Crippen molar-refractivity contribution in [2.75, 3.05) is 5.32 Å². The van der Waals surface area contributed by atoms with E-state index in [4.69, 9.17) is 9.97 Å². The molecule has 5 aromatic rings. The molecule has 7 heteroatoms. The highest BCUT2D eigenvalue weighted by molar-refractivity contribution is 7.21. The van der Waals surface area contributed by atoms with Crippen LogP contribution >= 0.6 is 22.7 Å². The molecule has 0 saturated carbocycles. The third-order valence-corrected chi connectivity index (χ3v) is 7.67. The van der Waals surface area contributed by atoms with Gasteiger partial charge in [0.15, 0.2) is 5.78 Å². The molecule has 1 aliphatic rings. The summed E-state index contributed by atoms with van der Waals surface area (Å²) in [5.41, 5.74) is 3.79. The summed E-state index contributed by atoms with van der Waals surface area (Å²) in [6.07, 6.45) is 5.22. The molecular formula is C26H17N3O2S2. The fourth-order valence-electron chi connectivity index (χ4n) is 3.98. The second-order valence-electron chi connectivity index (χ2n) is 7.65. The van der Waals surface area contributed by atoms with Crippen molar-refractivity contribution >= 4 is 54.6 Å². The Balaban J connectivity index is 1.43. The van der Waals surface area contributed by atoms with Crippen molar-refractivity contribution in [2.24, 2.45) is 0 Å². The number of fused-ring (bicyclic) bond motifs is 2. The van der Waals surface area contributed by atoms with E-state index >= 15 is 0 Å². The zero-order chi connectivity index (χ0) is 22.4. The predicted octanol–water partition coefficient (Wildman–Crippen LogP) is 6.50. The maximum atomic E-state index is 13.0. The number of thiazole rings is 2. The Morgan fingerprint density at radius 1 is 0.848 bits per heavy atom. The first-order valence-corrected chi connectivity index (χ1v) is 12.0. The first-order chi connectivity index (χ1) is 16.2. The van der Waals surface area contributed by atoms with Gasteiger partial charge < -0.3 is 10.4 Å². The zero-order valence-corrected chi connectivity index (χ0v) is 18.9. The molecule has 1 unspecified atom stereocenters. The van der Waals surface area contributed by atoms with Gasteiger partial charge in [0, 0.05) is 5.70 Å². The number of allylic oxidation sites excluding steroid dienone is 4. The van der Waals surface area contributed by atoms with E-state index < -0.39 is 5.92 Å². The number of anilines is 1. The summed E-state index contributed by atoms with van der Waals surface area (Å²) < 4.78 is 2.09. The smallest absolute Gasteiger partial charge is 0.171 e. The molecule has 1 atom stereocenters. The summed E-state index contributed by atoms with van der Waals surface area (Å²) in [6, 6.07) is 21.1. The molecule has 3 aromatic carbocycles. The highest BCUT2D eigenvalue weighted by Crippen LogP contribution is 2.42. The molecule has 160 valence electrons. The maximum absolute atomic E-state index is 13.0. The van der Waals surface area contributed by atoms with Gasteiger partial charge in [0.05, 0.1) is 31.7 Å². The van der Waals surface area contributed by atoms with Gasteiger partial charge in [-0.05, 0) is 48.6 Å². The third-order valence-electron chi connectivity index (χ3n) is 5.52. The molecule has 0 saturated heterocycles. The van der Waals surface area contributed by atoms with Gasteiger partial charge in [-0.2, -0.15) is 0 Å². The number of nitrogens with zero attached hydrogens (tertiary/aromatic N) is 2. The number of nitrogens with one attached hydrogen (secondary N) is 1. The Hall–Kier alpha value is -3.81. The van der Waals surface area contributed by atoms with E-state index in [0.29, 0.717) is 16.3 Å². The lowest BCUT2D eigenvalue weighted by Gasteiger charge is -2.21. The van der Waals surface area contributed by atoms with E-state index in [2.05, 4.69) is 5.32 Å². The van der Waals surface area contributed by atoms with Crippen LogP contribution in [0, 0.1) is 0 Å². The first kappa shape index (κ1) is 19.8. The summed E-state index contributed by atoms with van der Waals surface area (Å²) in [4.78, 5) is 22.4. The van der Waals surface area contributed by atoms with Crippen molar-refractivity contribution in [3.63, 3.8) is 0 Å². The molecule has 0 aliphatic heterocycles. The van der Waals surface area contributed by atoms with E-state index in [1.165, 1.54) is 22.7 Å². The van der Waals surface area contributed by atoms with Crippen molar-refractivity contribution in [1.29, 1.82) is 0 Å². The number of rotatable bonds is 4. The van der Waals surface area contributed by atoms with Crippen LogP contribution in [-0.4, -0.2) is 20.9 Å². The van der Waals surface area contributed by atoms with Crippen molar-refractivity contribution in [1.82, 2.24) is 9.97 Å². The fraction of sp³-hybridized carbons (Fsp3) is 0.0385. The maximum Gasteiger partial charge on any atom is 0.171 e. The minimum atomic E-state index is -0.530. The third kappa shape index (κ3) is 3.51. The van der Waals surface area contributed by atoms with Crippen molar-refractivity contribution in [3.8, 4) is 16.3 Å². The number of benzene rings is 3. The Morgan fingerprint density at radius 2 is 1.58 bits per heavy atom. The van der Waals surface area contributed by atoms with E-state index in [9.17, 15) is 9.90 Å². The molecule has 0 bridgehead atoms. The van der Waals surface area contributed by atoms with E-state index in [1.54, 1.807) is 24.3 Å². The Kier molecular flexibility index (Phi) is 4.78. The van der Waals surface area contributed by atoms with Gasteiger partial charge in [0.2, 0.25) is 0 Å². The lowest BCUT2D eigenvalue weighted by molar-refractivity contribution is -0.115. The van der Waals surface area contributed by atoms with Gasteiger partial charge in [-0.3, -0.25) is 4.79 Å². The second-order valence-corrected chi connectivity index (χ2v) is 9.74. The predicted molar refractivity (Wildman–Crippen MR) is 135 cm³/mol. The molecule has 0 radical (unpaired) electrons. The molecule has 1 aliphatic carbocycles. The highest BCUT2D eigenvalue weighted by atomic mass is 32.1. The number of hydrogen-bond acceptors (Lipinski definition) is 7. The van der Waals surface area contributed by atoms with Crippen molar-refractivity contribution in [2.45, 2.75) is 5.92 Å². The molecule has 6 rings (SSSR count). The number of carbonyl (C=O) groups is 1. The number of hydrogen-bond donors (Lipinski definition) is 2. The zero-order valence-electron chi connectivity index (χ0n) is 17.2. The summed E-state index contributed by atoms with van der Waals surface area (Å²) in [7, 11) is 0. The average Bonchev–Trinajstić information content (AvgIpc) is 3.43. The summed E-state index contributed by atoms with van der Waals surface area (Å²) >= 11 is 3.04. The normalized spacial score (nSPS) is 15.8. The molecule has 0 spiro atoms. The standard InChI is InChI=1S/C26H17N3O2S2/c30-19-11-5-9-17(23(19)25-28-15-7-1-3-13-21(15)32-25)27-18-10-6-12-20(31)24(18)26-29-16-8-2-4-14-22(16)33-26/h1-14,23,27,31H. The average molecular weight is 468 g/mol. The van der Waals surface area contributed by atoms with E-state index in [-0.39, 0.29) is 11.5 Å². The van der Waals surface area contributed by atoms with Gasteiger partial charge in [-0.25, -0.2) is 9.97 Å². The van der Waals surface area contributed by atoms with Gasteiger partial charge in [0.25, 0.3) is 0 Å². The molecular weight excluding hydrogens is 450 g/mol. The number of aromatic hydroxyl groups is 1. The van der Waals surface area contributed by atoms with Crippen molar-refractivity contribution < 1.29 is 9.90 Å². The Bertz CT molecular complexity index is 1530. The van der Waals surface area contributed by atoms with Crippen LogP contribution in [0.1, 0.15) is 10.9 Å². The van der Waals surface area contributed by atoms with Crippen LogP contribution in [-0.2, 0) is 4.79 Å². The lowest BCUT2D eigenvalue weighted by Crippen LogP contribution is -2.20. The van der Waals surface area contributed by atoms with Crippen LogP contribution in [0.5, 0.6) is 5.75 Å². The molecule has 0 fully saturated rings. The van der Waals surface area contributed by atoms with Gasteiger partial charge >= 0.3 is 0 Å². The first-order valence-electron chi connectivity index (χ1n) is 10.4. The van der Waals surface area contributed by atoms with Gasteiger partial charge in [-0.15, -0.1) is 22.7 Å². The van der Waals surface area contributed by atoms with E-state index in [0.717, 1.165) is 31.1 Å². The molecule has 33 heavy (non-hydrogen) atoms. The minimum Gasteiger partial charge on any atom is -0.507 e. The van der Waals surface area contributed by atoms with Crippen LogP contribution in [0.2, 0.25) is 0 Å². The largest absolute Gasteiger partial charge is 0.507 e. The van der Waals surface area contributed by atoms with Crippen LogP contribution in [0.15, 0.2) is 90.7 Å². The summed E-state index contributed by atoms with van der Waals surface area (Å²) in [5, 5.41) is 15.6. The molecule has 2 N–H and O–H groups in total. The Morgan fingerprint density at radius 3 is 2.33 bits per heavy atom. The summed E-state index contributed by atoms with van der Waals surface area (Å²) in [6.45, 7) is 0. The number of carbonyl (C=O) groups excluding carboxylic acids is 1. The molecule has 2 heterocycles. The number of aromatic nitrogens is 2. The topological polar surface area (TPSA) is 75.1 Å². The van der Waals surface area contributed by atoms with E-state index in [1.807, 2.05) is 60.7 Å². The number of ketones is 1. The summed E-state index contributed by atoms with van der Waals surface area (Å²) in [5.74, 6) is -0.424. The quantitative estimate of drug-likeness (QED) is 0.316. The molecule has 2 aromatic heterocycles. The number of para-hydroxylation sites is 2. The van der Waals surface area contributed by atoms with Crippen LogP contribution in [0.3, 0.4) is 0 Å². The lowest BCUT2D eigenvalue weighted by atomic mass is 9.95. The van der Waals surface area contributed by atoms with Gasteiger partial charge in [0.1, 0.15) is 21.7 Å². The molecule has 5 nitrogen and oxygen atoms in total. The van der Waals surface area contributed by atoms with Crippen LogP contribution < -0.4 is 5.32 Å². The fourth-order valence-corrected chi connectivity index (χ4v) is 6.11.